The Labute approximate surface area is 118 Å². The number of hydrogen-bond acceptors (Lipinski definition) is 4. The van der Waals surface area contributed by atoms with Gasteiger partial charge >= 0.3 is 5.97 Å². The Morgan fingerprint density at radius 1 is 1.44 bits per heavy atom. The van der Waals surface area contributed by atoms with Crippen LogP contribution in [-0.2, 0) is 9.53 Å². The van der Waals surface area contributed by atoms with Crippen LogP contribution in [0.15, 0.2) is 18.2 Å². The van der Waals surface area contributed by atoms with E-state index in [1.165, 1.54) is 6.07 Å². The van der Waals surface area contributed by atoms with Gasteiger partial charge in [-0.2, -0.15) is 0 Å². The van der Waals surface area contributed by atoms with Crippen molar-refractivity contribution in [2.24, 2.45) is 5.73 Å². The first-order valence-corrected chi connectivity index (χ1v) is 6.23. The number of halogens is 1. The van der Waals surface area contributed by atoms with Gasteiger partial charge in [-0.25, -0.2) is 4.79 Å². The van der Waals surface area contributed by atoms with Crippen molar-refractivity contribution in [1.82, 2.24) is 0 Å². The number of ether oxygens (including phenoxy) is 1. The summed E-state index contributed by atoms with van der Waals surface area (Å²) in [6, 6.07) is 4.74. The Morgan fingerprint density at radius 3 is 2.78 bits per heavy atom. The van der Waals surface area contributed by atoms with Crippen LogP contribution in [0.2, 0.25) is 0 Å². The van der Waals surface area contributed by atoms with Crippen molar-refractivity contribution in [3.05, 3.63) is 27.3 Å². The van der Waals surface area contributed by atoms with Gasteiger partial charge in [0.25, 0.3) is 0 Å². The second-order valence-electron chi connectivity index (χ2n) is 3.38. The molecule has 4 N–H and O–H groups in total. The minimum absolute atomic E-state index is 0.0501. The molecule has 7 heteroatoms. The molecule has 6 nitrogen and oxygen atoms in total. The van der Waals surface area contributed by atoms with Crippen molar-refractivity contribution >= 4 is 40.2 Å². The maximum atomic E-state index is 11.5. The number of carboxylic acid groups (broad SMARTS) is 1. The Hall–Kier alpha value is -1.19. The molecule has 18 heavy (non-hydrogen) atoms. The van der Waals surface area contributed by atoms with Crippen molar-refractivity contribution in [3.63, 3.8) is 0 Å². The number of carbonyl (C=O) groups is 2. The summed E-state index contributed by atoms with van der Waals surface area (Å²) in [5.41, 5.74) is 5.52. The Kier molecular flexibility index (Phi) is 6.02. The lowest BCUT2D eigenvalue weighted by Crippen LogP contribution is -2.22. The Balaban J connectivity index is 2.72. The van der Waals surface area contributed by atoms with E-state index in [2.05, 4.69) is 5.32 Å². The zero-order valence-corrected chi connectivity index (χ0v) is 11.6. The minimum Gasteiger partial charge on any atom is -0.478 e. The maximum absolute atomic E-state index is 11.5. The number of carbonyl (C=O) groups excluding carboxylic acids is 1. The molecule has 1 amide bonds. The van der Waals surface area contributed by atoms with Gasteiger partial charge in [0.2, 0.25) is 5.91 Å². The van der Waals surface area contributed by atoms with Crippen molar-refractivity contribution in [1.29, 1.82) is 0 Å². The Bertz CT molecular complexity index is 451. The minimum atomic E-state index is -1.09. The molecule has 1 aromatic carbocycles. The average molecular weight is 364 g/mol. The lowest BCUT2D eigenvalue weighted by atomic mass is 10.2. The molecule has 0 spiro atoms. The highest BCUT2D eigenvalue weighted by atomic mass is 127. The van der Waals surface area contributed by atoms with E-state index in [0.29, 0.717) is 6.54 Å². The van der Waals surface area contributed by atoms with E-state index in [4.69, 9.17) is 15.6 Å². The highest BCUT2D eigenvalue weighted by Gasteiger charge is 2.12. The van der Waals surface area contributed by atoms with Crippen molar-refractivity contribution in [2.75, 3.05) is 25.1 Å². The highest BCUT2D eigenvalue weighted by molar-refractivity contribution is 14.1. The topological polar surface area (TPSA) is 102 Å². The molecule has 0 aliphatic rings. The first kappa shape index (κ1) is 14.9. The SMILES string of the molecule is NCCOCC(=O)Nc1ccc(I)cc1C(=O)O. The maximum Gasteiger partial charge on any atom is 0.337 e. The van der Waals surface area contributed by atoms with Crippen LogP contribution in [0, 0.1) is 3.57 Å². The molecule has 0 heterocycles. The summed E-state index contributed by atoms with van der Waals surface area (Å²) < 4.78 is 5.73. The third-order valence-electron chi connectivity index (χ3n) is 1.98. The number of benzene rings is 1. The molecule has 0 aromatic heterocycles. The van der Waals surface area contributed by atoms with Crippen molar-refractivity contribution in [3.8, 4) is 0 Å². The van der Waals surface area contributed by atoms with Gasteiger partial charge in [0.15, 0.2) is 0 Å². The fraction of sp³-hybridized carbons (Fsp3) is 0.273. The number of aromatic carboxylic acids is 1. The zero-order chi connectivity index (χ0) is 13.5. The van der Waals surface area contributed by atoms with Crippen LogP contribution in [0.5, 0.6) is 0 Å². The third-order valence-corrected chi connectivity index (χ3v) is 2.65. The number of amides is 1. The van der Waals surface area contributed by atoms with Gasteiger partial charge in [0, 0.05) is 10.1 Å². The van der Waals surface area contributed by atoms with E-state index >= 15 is 0 Å². The monoisotopic (exact) mass is 364 g/mol. The van der Waals surface area contributed by atoms with Gasteiger partial charge in [-0.15, -0.1) is 0 Å². The molecular weight excluding hydrogens is 351 g/mol. The van der Waals surface area contributed by atoms with E-state index in [1.807, 2.05) is 22.6 Å². The largest absolute Gasteiger partial charge is 0.478 e. The standard InChI is InChI=1S/C11H13IN2O4/c12-7-1-2-9(8(5-7)11(16)17)14-10(15)6-18-4-3-13/h1-2,5H,3-4,6,13H2,(H,14,15)(H,16,17). The van der Waals surface area contributed by atoms with E-state index < -0.39 is 11.9 Å². The second kappa shape index (κ2) is 7.29. The number of nitrogens with one attached hydrogen (secondary N) is 1. The fourth-order valence-corrected chi connectivity index (χ4v) is 1.73. The van der Waals surface area contributed by atoms with Crippen LogP contribution in [0.1, 0.15) is 10.4 Å². The molecule has 0 saturated heterocycles. The molecule has 0 unspecified atom stereocenters. The number of nitrogens with two attached hydrogens (primary N) is 1. The first-order valence-electron chi connectivity index (χ1n) is 5.15. The molecule has 0 aliphatic carbocycles. The smallest absolute Gasteiger partial charge is 0.337 e. The van der Waals surface area contributed by atoms with Gasteiger partial charge in [-0.1, -0.05) is 0 Å². The molecule has 0 radical (unpaired) electrons. The zero-order valence-electron chi connectivity index (χ0n) is 9.48. The van der Waals surface area contributed by atoms with Gasteiger partial charge in [-0.05, 0) is 40.8 Å². The van der Waals surface area contributed by atoms with Crippen LogP contribution in [0.4, 0.5) is 5.69 Å². The van der Waals surface area contributed by atoms with Gasteiger partial charge in [-0.3, -0.25) is 4.79 Å². The quantitative estimate of drug-likeness (QED) is 0.514. The Morgan fingerprint density at radius 2 is 2.17 bits per heavy atom. The van der Waals surface area contributed by atoms with Crippen LogP contribution in [-0.4, -0.2) is 36.7 Å². The molecular formula is C11H13IN2O4. The highest BCUT2D eigenvalue weighted by Crippen LogP contribution is 2.18. The van der Waals surface area contributed by atoms with E-state index in [-0.39, 0.29) is 24.5 Å². The average Bonchev–Trinajstić information content (AvgIpc) is 2.31. The summed E-state index contributed by atoms with van der Waals surface area (Å²) in [5.74, 6) is -1.50. The first-order chi connectivity index (χ1) is 8.54. The molecule has 1 rings (SSSR count). The normalized spacial score (nSPS) is 10.1. The predicted molar refractivity (Wildman–Crippen MR) is 74.6 cm³/mol. The predicted octanol–water partition coefficient (Wildman–Crippen LogP) is 0.903. The summed E-state index contributed by atoms with van der Waals surface area (Å²) in [5, 5.41) is 11.5. The van der Waals surface area contributed by atoms with Crippen molar-refractivity contribution in [2.45, 2.75) is 0 Å². The summed E-state index contributed by atoms with van der Waals surface area (Å²) >= 11 is 2.00. The second-order valence-corrected chi connectivity index (χ2v) is 4.63. The summed E-state index contributed by atoms with van der Waals surface area (Å²) in [6.07, 6.45) is 0. The summed E-state index contributed by atoms with van der Waals surface area (Å²) in [6.45, 7) is 0.464. The van der Waals surface area contributed by atoms with Crippen LogP contribution >= 0.6 is 22.6 Å². The molecule has 98 valence electrons. The molecule has 0 fully saturated rings. The van der Waals surface area contributed by atoms with Crippen LogP contribution in [0.25, 0.3) is 0 Å². The number of carboxylic acids is 1. The van der Waals surface area contributed by atoms with Crippen LogP contribution < -0.4 is 11.1 Å². The lowest BCUT2D eigenvalue weighted by molar-refractivity contribution is -0.120. The van der Waals surface area contributed by atoms with E-state index in [1.54, 1.807) is 12.1 Å². The lowest BCUT2D eigenvalue weighted by Gasteiger charge is -2.09. The molecule has 0 atom stereocenters. The summed E-state index contributed by atoms with van der Waals surface area (Å²) in [7, 11) is 0. The van der Waals surface area contributed by atoms with Gasteiger partial charge in [0.05, 0.1) is 17.9 Å². The van der Waals surface area contributed by atoms with Gasteiger partial charge < -0.3 is 20.9 Å². The third kappa shape index (κ3) is 4.59. The van der Waals surface area contributed by atoms with Gasteiger partial charge in [0.1, 0.15) is 6.61 Å². The molecule has 0 bridgehead atoms. The number of rotatable bonds is 6. The summed E-state index contributed by atoms with van der Waals surface area (Å²) in [4.78, 5) is 22.5. The van der Waals surface area contributed by atoms with E-state index in [0.717, 1.165) is 3.57 Å². The molecule has 1 aromatic rings. The fourth-order valence-electron chi connectivity index (χ4n) is 1.24. The van der Waals surface area contributed by atoms with E-state index in [9.17, 15) is 9.59 Å². The number of hydrogen-bond donors (Lipinski definition) is 3. The van der Waals surface area contributed by atoms with Crippen molar-refractivity contribution < 1.29 is 19.4 Å². The molecule has 0 aliphatic heterocycles. The number of anilines is 1. The molecule has 0 saturated carbocycles. The van der Waals surface area contributed by atoms with Crippen LogP contribution in [0.3, 0.4) is 0 Å².